The minimum Gasteiger partial charge on any atom is -0.490 e. The van der Waals surface area contributed by atoms with Gasteiger partial charge in [-0.2, -0.15) is 0 Å². The smallest absolute Gasteiger partial charge is 0.270 e. The van der Waals surface area contributed by atoms with Crippen LogP contribution in [0.15, 0.2) is 46.2 Å². The Hall–Kier alpha value is -1.81. The summed E-state index contributed by atoms with van der Waals surface area (Å²) in [4.78, 5) is 12.4. The summed E-state index contributed by atoms with van der Waals surface area (Å²) in [5, 5.41) is 26.2. The van der Waals surface area contributed by atoms with Gasteiger partial charge >= 0.3 is 0 Å². The van der Waals surface area contributed by atoms with Crippen LogP contribution >= 0.6 is 27.7 Å². The summed E-state index contributed by atoms with van der Waals surface area (Å²) in [6, 6.07) is 10.9. The van der Waals surface area contributed by atoms with Gasteiger partial charge in [0.15, 0.2) is 0 Å². The van der Waals surface area contributed by atoms with E-state index in [0.717, 1.165) is 65.7 Å². The zero-order valence-electron chi connectivity index (χ0n) is 19.5. The van der Waals surface area contributed by atoms with Crippen molar-refractivity contribution in [3.05, 3.63) is 46.5 Å². The van der Waals surface area contributed by atoms with E-state index in [4.69, 9.17) is 9.84 Å². The maximum absolute atomic E-state index is 10.9. The molecule has 2 heterocycles. The molecule has 1 saturated heterocycles. The molecule has 9 heteroatoms. The number of nitro groups is 1. The van der Waals surface area contributed by atoms with E-state index in [1.165, 1.54) is 24.2 Å². The lowest BCUT2D eigenvalue weighted by molar-refractivity contribution is -0.385. The second kappa shape index (κ2) is 14.5. The lowest BCUT2D eigenvalue weighted by Gasteiger charge is -2.27. The highest BCUT2D eigenvalue weighted by atomic mass is 79.9. The molecule has 7 nitrogen and oxygen atoms in total. The number of benzene rings is 2. The minimum atomic E-state index is -0.369. The van der Waals surface area contributed by atoms with Gasteiger partial charge in [-0.05, 0) is 75.3 Å². The van der Waals surface area contributed by atoms with E-state index in [2.05, 4.69) is 26.6 Å². The number of nitrogens with one attached hydrogen (secondary N) is 2. The van der Waals surface area contributed by atoms with Crippen LogP contribution in [0.3, 0.4) is 0 Å². The van der Waals surface area contributed by atoms with E-state index >= 15 is 0 Å². The number of nitro benzene ring substituents is 1. The van der Waals surface area contributed by atoms with Crippen LogP contribution in [-0.2, 0) is 0 Å². The molecule has 0 amide bonds. The average molecular weight is 541 g/mol. The maximum atomic E-state index is 10.9. The Labute approximate surface area is 209 Å². The predicted molar refractivity (Wildman–Crippen MR) is 140 cm³/mol. The van der Waals surface area contributed by atoms with Crippen molar-refractivity contribution in [3.63, 3.8) is 0 Å². The summed E-state index contributed by atoms with van der Waals surface area (Å²) in [7, 11) is 0. The van der Waals surface area contributed by atoms with Gasteiger partial charge in [-0.15, -0.1) is 0 Å². The Bertz CT molecular complexity index is 890. The Morgan fingerprint density at radius 3 is 2.15 bits per heavy atom. The molecular formula is C24H34BrN3O4S. The minimum absolute atomic E-state index is 0.0266. The van der Waals surface area contributed by atoms with Crippen molar-refractivity contribution in [2.75, 3.05) is 24.2 Å². The molecule has 3 aliphatic rings. The molecule has 1 saturated carbocycles. The number of fused-ring (bicyclic) bond motifs is 2. The van der Waals surface area contributed by atoms with Crippen LogP contribution in [0.4, 0.5) is 17.1 Å². The lowest BCUT2D eigenvalue weighted by atomic mass is 9.96. The van der Waals surface area contributed by atoms with Crippen molar-refractivity contribution in [2.45, 2.75) is 68.0 Å². The first-order valence-corrected chi connectivity index (χ1v) is 13.8. The zero-order chi connectivity index (χ0) is 24.2. The number of piperidine rings is 1. The second-order valence-corrected chi connectivity index (χ2v) is 8.56. The van der Waals surface area contributed by atoms with Crippen LogP contribution in [0.2, 0.25) is 0 Å². The molecule has 2 aromatic carbocycles. The molecular weight excluding hydrogens is 506 g/mol. The van der Waals surface area contributed by atoms with Crippen LogP contribution in [0.5, 0.6) is 5.75 Å². The molecule has 0 atom stereocenters. The third-order valence-corrected chi connectivity index (χ3v) is 6.40. The first-order chi connectivity index (χ1) is 16.1. The van der Waals surface area contributed by atoms with Gasteiger partial charge in [0.1, 0.15) is 5.75 Å². The summed E-state index contributed by atoms with van der Waals surface area (Å²) in [5.41, 5.74) is 2.02. The molecule has 5 rings (SSSR count). The Kier molecular flexibility index (Phi) is 12.0. The molecule has 2 aliphatic heterocycles. The normalized spacial score (nSPS) is 16.4. The van der Waals surface area contributed by atoms with Crippen molar-refractivity contribution >= 4 is 44.8 Å². The van der Waals surface area contributed by atoms with E-state index < -0.39 is 0 Å². The fourth-order valence-corrected chi connectivity index (χ4v) is 4.38. The Morgan fingerprint density at radius 2 is 1.64 bits per heavy atom. The number of halogens is 1. The molecule has 0 aromatic heterocycles. The fraction of sp³-hybridized carbons (Fsp3) is 0.500. The molecule has 0 bridgehead atoms. The van der Waals surface area contributed by atoms with Gasteiger partial charge in [0.05, 0.1) is 28.5 Å². The third-order valence-electron chi connectivity index (χ3n) is 5.28. The van der Waals surface area contributed by atoms with Crippen LogP contribution in [0.1, 0.15) is 46.0 Å². The molecule has 3 N–H and O–H groups in total. The monoisotopic (exact) mass is 539 g/mol. The third kappa shape index (κ3) is 8.17. The van der Waals surface area contributed by atoms with Crippen molar-refractivity contribution in [1.29, 1.82) is 0 Å². The van der Waals surface area contributed by atoms with Crippen LogP contribution in [0.25, 0.3) is 0 Å². The summed E-state index contributed by atoms with van der Waals surface area (Å²) >= 11 is 4.47. The number of ether oxygens (including phenoxy) is 1. The fourth-order valence-electron chi connectivity index (χ4n) is 3.33. The predicted octanol–water partition coefficient (Wildman–Crippen LogP) is 6.50. The SMILES string of the molecule is CBr.CC.O=[N+]([O-])c1ccc2c(c1)Sc1cc(OC3CCC3)ccc1N2.OC1CCNCC1. The van der Waals surface area contributed by atoms with Crippen molar-refractivity contribution < 1.29 is 14.8 Å². The summed E-state index contributed by atoms with van der Waals surface area (Å²) in [6.45, 7) is 5.97. The molecule has 0 spiro atoms. The summed E-state index contributed by atoms with van der Waals surface area (Å²) in [6.07, 6.45) is 5.66. The number of anilines is 2. The van der Waals surface area contributed by atoms with Gasteiger partial charge in [-0.3, -0.25) is 10.1 Å². The number of nitrogens with zero attached hydrogens (tertiary/aromatic N) is 1. The summed E-state index contributed by atoms with van der Waals surface area (Å²) < 4.78 is 5.92. The number of rotatable bonds is 3. The van der Waals surface area contributed by atoms with Gasteiger partial charge in [0, 0.05) is 21.9 Å². The van der Waals surface area contributed by atoms with E-state index in [1.807, 2.05) is 37.9 Å². The van der Waals surface area contributed by atoms with Gasteiger partial charge in [-0.1, -0.05) is 41.5 Å². The number of aliphatic hydroxyl groups is 1. The number of aliphatic hydroxyl groups excluding tert-OH is 1. The standard InChI is InChI=1S/C16H14N2O3S.C5H11NO.C2H6.CH3Br/c19-18(20)10-4-6-13-15(8-10)22-16-9-12(5-7-14(16)17-13)21-11-2-1-3-11;7-5-1-3-6-4-2-5;2*1-2/h4-9,11,17H,1-3H2;5-7H,1-4H2;1-2H3;1H3. The maximum Gasteiger partial charge on any atom is 0.270 e. The van der Waals surface area contributed by atoms with Crippen LogP contribution in [0, 0.1) is 10.1 Å². The Balaban J connectivity index is 0.000000295. The zero-order valence-corrected chi connectivity index (χ0v) is 21.9. The largest absolute Gasteiger partial charge is 0.490 e. The molecule has 2 aromatic rings. The second-order valence-electron chi connectivity index (χ2n) is 7.47. The molecule has 1 aliphatic carbocycles. The van der Waals surface area contributed by atoms with E-state index in [-0.39, 0.29) is 16.7 Å². The Morgan fingerprint density at radius 1 is 1.03 bits per heavy atom. The number of non-ortho nitro benzene ring substituents is 1. The van der Waals surface area contributed by atoms with Crippen LogP contribution < -0.4 is 15.4 Å². The topological polar surface area (TPSA) is 96.7 Å². The van der Waals surface area contributed by atoms with Gasteiger partial charge in [0.2, 0.25) is 0 Å². The van der Waals surface area contributed by atoms with Gasteiger partial charge in [-0.25, -0.2) is 0 Å². The summed E-state index contributed by atoms with van der Waals surface area (Å²) in [5.74, 6) is 2.68. The van der Waals surface area contributed by atoms with E-state index in [9.17, 15) is 10.1 Å². The highest BCUT2D eigenvalue weighted by Crippen LogP contribution is 2.46. The molecule has 182 valence electrons. The molecule has 33 heavy (non-hydrogen) atoms. The quantitative estimate of drug-likeness (QED) is 0.198. The number of hydrogen-bond donors (Lipinski definition) is 3. The van der Waals surface area contributed by atoms with Gasteiger partial charge < -0.3 is 20.5 Å². The van der Waals surface area contributed by atoms with E-state index in [0.29, 0.717) is 6.10 Å². The first kappa shape index (κ1) is 27.4. The van der Waals surface area contributed by atoms with Crippen molar-refractivity contribution in [1.82, 2.24) is 5.32 Å². The average Bonchev–Trinajstić information content (AvgIpc) is 2.83. The van der Waals surface area contributed by atoms with E-state index in [1.54, 1.807) is 12.1 Å². The van der Waals surface area contributed by atoms with Crippen LogP contribution in [-0.4, -0.2) is 41.2 Å². The molecule has 0 radical (unpaired) electrons. The molecule has 0 unspecified atom stereocenters. The number of alkyl halides is 1. The number of hydrogen-bond acceptors (Lipinski definition) is 7. The van der Waals surface area contributed by atoms with Gasteiger partial charge in [0.25, 0.3) is 5.69 Å². The highest BCUT2D eigenvalue weighted by molar-refractivity contribution is 9.08. The van der Waals surface area contributed by atoms with Crippen molar-refractivity contribution in [2.24, 2.45) is 0 Å². The molecule has 2 fully saturated rings. The first-order valence-electron chi connectivity index (χ1n) is 11.4. The highest BCUT2D eigenvalue weighted by Gasteiger charge is 2.22. The lowest BCUT2D eigenvalue weighted by Crippen LogP contribution is -2.30. The van der Waals surface area contributed by atoms with Crippen molar-refractivity contribution in [3.8, 4) is 5.75 Å².